The Morgan fingerprint density at radius 3 is 2.81 bits per heavy atom. The molecule has 7 heteroatoms. The van der Waals surface area contributed by atoms with Crippen molar-refractivity contribution in [2.45, 2.75) is 30.8 Å². The monoisotopic (exact) mass is 325 g/mol. The quantitative estimate of drug-likeness (QED) is 0.819. The zero-order chi connectivity index (χ0) is 15.3. The maximum atomic E-state index is 12.3. The van der Waals surface area contributed by atoms with Crippen LogP contribution in [0.1, 0.15) is 30.6 Å². The topological polar surface area (TPSA) is 71.1 Å². The maximum Gasteiger partial charge on any atom is 0.240 e. The van der Waals surface area contributed by atoms with Gasteiger partial charge >= 0.3 is 0 Å². The molecule has 1 aromatic carbocycles. The number of hydrogen-bond donors (Lipinski definition) is 2. The third kappa shape index (κ3) is 4.10. The molecule has 0 saturated heterocycles. The SMILES string of the molecule is CCC(NC)c1cccc(S(=O)(=O)NCc2cscn2)c1. The van der Waals surface area contributed by atoms with E-state index in [1.165, 1.54) is 11.3 Å². The number of sulfonamides is 1. The molecule has 0 aliphatic heterocycles. The van der Waals surface area contributed by atoms with Gasteiger partial charge in [-0.15, -0.1) is 11.3 Å². The first-order valence-electron chi connectivity index (χ1n) is 6.70. The van der Waals surface area contributed by atoms with E-state index in [0.29, 0.717) is 0 Å². The van der Waals surface area contributed by atoms with Crippen LogP contribution in [0.3, 0.4) is 0 Å². The smallest absolute Gasteiger partial charge is 0.240 e. The Morgan fingerprint density at radius 2 is 2.19 bits per heavy atom. The molecule has 1 aromatic heterocycles. The van der Waals surface area contributed by atoms with Crippen LogP contribution in [-0.2, 0) is 16.6 Å². The van der Waals surface area contributed by atoms with Crippen LogP contribution in [0.5, 0.6) is 0 Å². The van der Waals surface area contributed by atoms with E-state index in [0.717, 1.165) is 17.7 Å². The minimum atomic E-state index is -3.52. The van der Waals surface area contributed by atoms with Gasteiger partial charge in [-0.2, -0.15) is 0 Å². The fourth-order valence-corrected chi connectivity index (χ4v) is 3.69. The summed E-state index contributed by atoms with van der Waals surface area (Å²) in [7, 11) is -1.65. The van der Waals surface area contributed by atoms with Crippen molar-refractivity contribution in [3.8, 4) is 0 Å². The zero-order valence-electron chi connectivity index (χ0n) is 12.0. The summed E-state index contributed by atoms with van der Waals surface area (Å²) in [6.45, 7) is 2.27. The summed E-state index contributed by atoms with van der Waals surface area (Å²) in [5, 5.41) is 5.00. The Kier molecular flexibility index (Phi) is 5.46. The summed E-state index contributed by atoms with van der Waals surface area (Å²) in [4.78, 5) is 4.35. The molecular weight excluding hydrogens is 306 g/mol. The molecule has 5 nitrogen and oxygen atoms in total. The predicted molar refractivity (Wildman–Crippen MR) is 84.7 cm³/mol. The van der Waals surface area contributed by atoms with Gasteiger partial charge < -0.3 is 5.32 Å². The lowest BCUT2D eigenvalue weighted by Crippen LogP contribution is -2.24. The van der Waals surface area contributed by atoms with Crippen molar-refractivity contribution in [2.24, 2.45) is 0 Å². The molecule has 0 radical (unpaired) electrons. The second kappa shape index (κ2) is 7.13. The lowest BCUT2D eigenvalue weighted by Gasteiger charge is -2.15. The molecule has 21 heavy (non-hydrogen) atoms. The Balaban J connectivity index is 2.17. The number of aromatic nitrogens is 1. The maximum absolute atomic E-state index is 12.3. The lowest BCUT2D eigenvalue weighted by molar-refractivity contribution is 0.570. The van der Waals surface area contributed by atoms with Crippen molar-refractivity contribution in [1.29, 1.82) is 0 Å². The molecule has 0 saturated carbocycles. The van der Waals surface area contributed by atoms with Gasteiger partial charge in [-0.3, -0.25) is 0 Å². The number of nitrogens with zero attached hydrogens (tertiary/aromatic N) is 1. The van der Waals surface area contributed by atoms with E-state index in [1.807, 2.05) is 18.5 Å². The largest absolute Gasteiger partial charge is 0.313 e. The highest BCUT2D eigenvalue weighted by Gasteiger charge is 2.16. The molecular formula is C14H19N3O2S2. The molecule has 0 fully saturated rings. The molecule has 2 rings (SSSR count). The standard InChI is InChI=1S/C14H19N3O2S2/c1-3-14(15-2)11-5-4-6-13(7-11)21(18,19)17-8-12-9-20-10-16-12/h4-7,9-10,14-15,17H,3,8H2,1-2H3. The summed E-state index contributed by atoms with van der Waals surface area (Å²) in [6, 6.07) is 7.18. The van der Waals surface area contributed by atoms with E-state index < -0.39 is 10.0 Å². The van der Waals surface area contributed by atoms with Crippen LogP contribution in [0.2, 0.25) is 0 Å². The molecule has 2 aromatic rings. The summed E-state index contributed by atoms with van der Waals surface area (Å²) >= 11 is 1.44. The van der Waals surface area contributed by atoms with Crippen LogP contribution in [-0.4, -0.2) is 20.4 Å². The summed E-state index contributed by atoms with van der Waals surface area (Å²) in [5.41, 5.74) is 3.38. The fraction of sp³-hybridized carbons (Fsp3) is 0.357. The van der Waals surface area contributed by atoms with Gasteiger partial charge in [0, 0.05) is 11.4 Å². The molecule has 0 aliphatic carbocycles. The molecule has 0 bridgehead atoms. The number of benzene rings is 1. The number of thiazole rings is 1. The minimum absolute atomic E-state index is 0.152. The zero-order valence-corrected chi connectivity index (χ0v) is 13.7. The Labute approximate surface area is 129 Å². The minimum Gasteiger partial charge on any atom is -0.313 e. The summed E-state index contributed by atoms with van der Waals surface area (Å²) in [5.74, 6) is 0. The average Bonchev–Trinajstić information content (AvgIpc) is 3.00. The first-order chi connectivity index (χ1) is 10.1. The van der Waals surface area contributed by atoms with Crippen molar-refractivity contribution in [3.63, 3.8) is 0 Å². The van der Waals surface area contributed by atoms with Crippen molar-refractivity contribution < 1.29 is 8.42 Å². The van der Waals surface area contributed by atoms with Gasteiger partial charge in [-0.05, 0) is 31.2 Å². The lowest BCUT2D eigenvalue weighted by atomic mass is 10.1. The molecule has 2 N–H and O–H groups in total. The van der Waals surface area contributed by atoms with Gasteiger partial charge in [0.1, 0.15) is 0 Å². The highest BCUT2D eigenvalue weighted by molar-refractivity contribution is 7.89. The third-order valence-electron chi connectivity index (χ3n) is 3.25. The summed E-state index contributed by atoms with van der Waals surface area (Å²) < 4.78 is 27.2. The predicted octanol–water partition coefficient (Wildman–Crippen LogP) is 2.29. The van der Waals surface area contributed by atoms with Crippen molar-refractivity contribution in [1.82, 2.24) is 15.0 Å². The number of hydrogen-bond acceptors (Lipinski definition) is 5. The van der Waals surface area contributed by atoms with E-state index in [1.54, 1.807) is 23.7 Å². The Morgan fingerprint density at radius 1 is 1.38 bits per heavy atom. The van der Waals surface area contributed by atoms with Crippen LogP contribution >= 0.6 is 11.3 Å². The fourth-order valence-electron chi connectivity index (χ4n) is 2.08. The first-order valence-corrected chi connectivity index (χ1v) is 9.13. The van der Waals surface area contributed by atoms with Crippen molar-refractivity contribution >= 4 is 21.4 Å². The highest BCUT2D eigenvalue weighted by Crippen LogP contribution is 2.20. The normalized spacial score (nSPS) is 13.2. The van der Waals surface area contributed by atoms with Gasteiger partial charge in [0.15, 0.2) is 0 Å². The van der Waals surface area contributed by atoms with E-state index in [2.05, 4.69) is 21.9 Å². The van der Waals surface area contributed by atoms with Gasteiger partial charge in [0.25, 0.3) is 0 Å². The van der Waals surface area contributed by atoms with Gasteiger partial charge in [-0.25, -0.2) is 18.1 Å². The third-order valence-corrected chi connectivity index (χ3v) is 5.29. The molecule has 1 heterocycles. The van der Waals surface area contributed by atoms with E-state index in [-0.39, 0.29) is 17.5 Å². The van der Waals surface area contributed by atoms with Gasteiger partial charge in [0.05, 0.1) is 22.6 Å². The Hall–Kier alpha value is -1.28. The van der Waals surface area contributed by atoms with Gasteiger partial charge in [0.2, 0.25) is 10.0 Å². The average molecular weight is 325 g/mol. The molecule has 0 spiro atoms. The summed E-state index contributed by atoms with van der Waals surface area (Å²) in [6.07, 6.45) is 0.895. The van der Waals surface area contributed by atoms with Gasteiger partial charge in [-0.1, -0.05) is 19.1 Å². The number of nitrogens with one attached hydrogen (secondary N) is 2. The van der Waals surface area contributed by atoms with Crippen LogP contribution in [0, 0.1) is 0 Å². The second-order valence-corrected chi connectivity index (χ2v) is 7.11. The Bertz CT molecular complexity index is 665. The molecule has 114 valence electrons. The van der Waals surface area contributed by atoms with E-state index in [4.69, 9.17) is 0 Å². The second-order valence-electron chi connectivity index (χ2n) is 4.63. The molecule has 1 unspecified atom stereocenters. The van der Waals surface area contributed by atoms with Crippen molar-refractivity contribution in [3.05, 3.63) is 46.4 Å². The van der Waals surface area contributed by atoms with Crippen molar-refractivity contribution in [2.75, 3.05) is 7.05 Å². The molecule has 1 atom stereocenters. The van der Waals surface area contributed by atoms with Crippen LogP contribution in [0.4, 0.5) is 0 Å². The van der Waals surface area contributed by atoms with Crippen LogP contribution in [0.15, 0.2) is 40.1 Å². The number of rotatable bonds is 7. The van der Waals surface area contributed by atoms with E-state index in [9.17, 15) is 8.42 Å². The van der Waals surface area contributed by atoms with Crippen LogP contribution < -0.4 is 10.0 Å². The first kappa shape index (κ1) is 16.1. The molecule has 0 aliphatic rings. The highest BCUT2D eigenvalue weighted by atomic mass is 32.2. The van der Waals surface area contributed by atoms with E-state index >= 15 is 0 Å². The van der Waals surface area contributed by atoms with Crippen LogP contribution in [0.25, 0.3) is 0 Å². The molecule has 0 amide bonds.